The van der Waals surface area contributed by atoms with E-state index in [9.17, 15) is 19.2 Å². The monoisotopic (exact) mass is 479 g/mol. The zero-order valence-electron chi connectivity index (χ0n) is 19.1. The van der Waals surface area contributed by atoms with Crippen molar-refractivity contribution in [3.05, 3.63) is 53.2 Å². The Morgan fingerprint density at radius 1 is 1.31 bits per heavy atom. The predicted molar refractivity (Wildman–Crippen MR) is 124 cm³/mol. The highest BCUT2D eigenvalue weighted by atomic mass is 19.1. The van der Waals surface area contributed by atoms with Gasteiger partial charge in [-0.25, -0.2) is 4.39 Å². The van der Waals surface area contributed by atoms with E-state index >= 15 is 0 Å². The quantitative estimate of drug-likeness (QED) is 0.483. The fourth-order valence-corrected chi connectivity index (χ4v) is 4.08. The van der Waals surface area contributed by atoms with Gasteiger partial charge in [0.25, 0.3) is 5.56 Å². The molecular weight excluding hydrogens is 457 g/mol. The van der Waals surface area contributed by atoms with Gasteiger partial charge in [-0.05, 0) is 18.2 Å². The Balaban J connectivity index is 1.85. The zero-order valence-corrected chi connectivity index (χ0v) is 19.1. The Morgan fingerprint density at radius 2 is 2.11 bits per heavy atom. The van der Waals surface area contributed by atoms with Crippen molar-refractivity contribution >= 4 is 22.6 Å². The van der Waals surface area contributed by atoms with Crippen molar-refractivity contribution in [2.75, 3.05) is 38.8 Å². The Morgan fingerprint density at radius 3 is 2.80 bits per heavy atom. The molecule has 1 aliphatic heterocycles. The lowest BCUT2D eigenvalue weighted by Gasteiger charge is -2.41. The highest BCUT2D eigenvalue weighted by Crippen LogP contribution is 2.29. The standard InChI is InChI=1S/C23H22FN7O4/c1-4-18(32)30-11-10-29(13-14(30)8-9-25)21-15-12-26-31(20-16(24)6-5-7-17(20)34-2)22(33)19(15)27-23(28-21)35-3/h4-7,12,14H,1,8,10-11,13H2,2-3H3. The van der Waals surface area contributed by atoms with E-state index in [1.807, 2.05) is 4.90 Å². The van der Waals surface area contributed by atoms with Gasteiger partial charge in [-0.2, -0.15) is 25.0 Å². The molecule has 1 fully saturated rings. The molecule has 11 nitrogen and oxygen atoms in total. The zero-order chi connectivity index (χ0) is 25.1. The molecule has 0 radical (unpaired) electrons. The maximum absolute atomic E-state index is 14.7. The summed E-state index contributed by atoms with van der Waals surface area (Å²) in [7, 11) is 2.73. The van der Waals surface area contributed by atoms with E-state index in [1.165, 1.54) is 44.7 Å². The lowest BCUT2D eigenvalue weighted by Crippen LogP contribution is -2.55. The van der Waals surface area contributed by atoms with Gasteiger partial charge in [-0.1, -0.05) is 12.6 Å². The molecule has 12 heteroatoms. The van der Waals surface area contributed by atoms with E-state index in [0.29, 0.717) is 24.3 Å². The minimum atomic E-state index is -0.693. The van der Waals surface area contributed by atoms with Crippen LogP contribution in [0.15, 0.2) is 41.8 Å². The molecule has 0 saturated carbocycles. The summed E-state index contributed by atoms with van der Waals surface area (Å²) in [6, 6.07) is 5.80. The van der Waals surface area contributed by atoms with Crippen molar-refractivity contribution in [1.29, 1.82) is 5.26 Å². The second kappa shape index (κ2) is 9.76. The summed E-state index contributed by atoms with van der Waals surface area (Å²) in [5.41, 5.74) is -0.873. The first-order valence-electron chi connectivity index (χ1n) is 10.6. The molecule has 1 saturated heterocycles. The van der Waals surface area contributed by atoms with Gasteiger partial charge in [0.15, 0.2) is 5.82 Å². The first kappa shape index (κ1) is 23.6. The number of hydrogen-bond donors (Lipinski definition) is 0. The number of hydrogen-bond acceptors (Lipinski definition) is 9. The van der Waals surface area contributed by atoms with E-state index in [0.717, 1.165) is 4.68 Å². The molecule has 0 aliphatic carbocycles. The third-order valence-corrected chi connectivity index (χ3v) is 5.73. The number of carbonyl (C=O) groups is 1. The van der Waals surface area contributed by atoms with Gasteiger partial charge in [-0.15, -0.1) is 0 Å². The van der Waals surface area contributed by atoms with Crippen LogP contribution in [0.5, 0.6) is 11.8 Å². The topological polar surface area (TPSA) is 126 Å². The lowest BCUT2D eigenvalue weighted by atomic mass is 10.1. The highest BCUT2D eigenvalue weighted by Gasteiger charge is 2.31. The van der Waals surface area contributed by atoms with Crippen molar-refractivity contribution in [2.45, 2.75) is 12.5 Å². The van der Waals surface area contributed by atoms with Crippen molar-refractivity contribution in [1.82, 2.24) is 24.6 Å². The van der Waals surface area contributed by atoms with Crippen LogP contribution in [0.3, 0.4) is 0 Å². The molecule has 1 atom stereocenters. The number of nitrogens with zero attached hydrogens (tertiary/aromatic N) is 7. The molecule has 0 N–H and O–H groups in total. The van der Waals surface area contributed by atoms with Crippen LogP contribution in [-0.2, 0) is 4.79 Å². The Labute approximate surface area is 199 Å². The van der Waals surface area contributed by atoms with Crippen LogP contribution in [0, 0.1) is 17.1 Å². The fourth-order valence-electron chi connectivity index (χ4n) is 4.08. The van der Waals surface area contributed by atoms with Crippen LogP contribution in [0.4, 0.5) is 10.2 Å². The van der Waals surface area contributed by atoms with E-state index < -0.39 is 17.4 Å². The first-order chi connectivity index (χ1) is 16.9. The molecular formula is C23H22FN7O4. The van der Waals surface area contributed by atoms with Crippen LogP contribution in [0.1, 0.15) is 6.42 Å². The number of amides is 1. The molecule has 1 unspecified atom stereocenters. The number of benzene rings is 1. The van der Waals surface area contributed by atoms with E-state index in [2.05, 4.69) is 27.7 Å². The number of carbonyl (C=O) groups excluding carboxylic acids is 1. The number of rotatable bonds is 6. The smallest absolute Gasteiger partial charge is 0.318 e. The Kier molecular flexibility index (Phi) is 6.59. The number of ether oxygens (including phenoxy) is 2. The van der Waals surface area contributed by atoms with Crippen LogP contribution >= 0.6 is 0 Å². The number of piperazine rings is 1. The minimum Gasteiger partial charge on any atom is -0.494 e. The molecule has 1 amide bonds. The molecule has 4 rings (SSSR count). The summed E-state index contributed by atoms with van der Waals surface area (Å²) >= 11 is 0. The van der Waals surface area contributed by atoms with Crippen molar-refractivity contribution in [3.8, 4) is 23.5 Å². The van der Waals surface area contributed by atoms with Gasteiger partial charge in [0, 0.05) is 19.6 Å². The SMILES string of the molecule is C=CC(=O)N1CCN(c2nc(OC)nc3c(=O)n(-c4c(F)cccc4OC)ncc23)CC1CC#N. The molecule has 3 aromatic rings. The van der Waals surface area contributed by atoms with Crippen LogP contribution in [0.25, 0.3) is 16.6 Å². The molecule has 3 heterocycles. The normalized spacial score (nSPS) is 15.5. The summed E-state index contributed by atoms with van der Waals surface area (Å²) in [5, 5.41) is 13.8. The number of halogens is 1. The van der Waals surface area contributed by atoms with Gasteiger partial charge in [0.05, 0.1) is 44.3 Å². The molecule has 0 bridgehead atoms. The van der Waals surface area contributed by atoms with Gasteiger partial charge in [-0.3, -0.25) is 9.59 Å². The summed E-state index contributed by atoms with van der Waals surface area (Å²) in [4.78, 5) is 37.7. The van der Waals surface area contributed by atoms with Crippen molar-refractivity contribution in [3.63, 3.8) is 0 Å². The Bertz CT molecular complexity index is 1400. The van der Waals surface area contributed by atoms with E-state index in [-0.39, 0.29) is 41.8 Å². The molecule has 180 valence electrons. The van der Waals surface area contributed by atoms with Crippen molar-refractivity contribution in [2.24, 2.45) is 0 Å². The lowest BCUT2D eigenvalue weighted by molar-refractivity contribution is -0.128. The first-order valence-corrected chi connectivity index (χ1v) is 10.6. The number of anilines is 1. The van der Waals surface area contributed by atoms with E-state index in [4.69, 9.17) is 9.47 Å². The Hall–Kier alpha value is -4.53. The van der Waals surface area contributed by atoms with Gasteiger partial charge >= 0.3 is 6.01 Å². The molecule has 2 aromatic heterocycles. The average molecular weight is 479 g/mol. The summed E-state index contributed by atoms with van der Waals surface area (Å²) in [6.07, 6.45) is 2.69. The average Bonchev–Trinajstić information content (AvgIpc) is 2.88. The van der Waals surface area contributed by atoms with E-state index in [1.54, 1.807) is 4.90 Å². The number of methoxy groups -OCH3 is 2. The maximum atomic E-state index is 14.7. The molecule has 1 aromatic carbocycles. The number of para-hydroxylation sites is 1. The highest BCUT2D eigenvalue weighted by molar-refractivity contribution is 5.90. The molecule has 0 spiro atoms. The third kappa shape index (κ3) is 4.23. The summed E-state index contributed by atoms with van der Waals surface area (Å²) in [5.74, 6) is -0.472. The summed E-state index contributed by atoms with van der Waals surface area (Å²) < 4.78 is 26.0. The number of nitriles is 1. The minimum absolute atomic E-state index is 0.0337. The largest absolute Gasteiger partial charge is 0.494 e. The van der Waals surface area contributed by atoms with Gasteiger partial charge in [0.1, 0.15) is 22.8 Å². The van der Waals surface area contributed by atoms with Crippen LogP contribution in [-0.4, -0.2) is 70.5 Å². The number of aromatic nitrogens is 4. The molecule has 1 aliphatic rings. The summed E-state index contributed by atoms with van der Waals surface area (Å²) in [6.45, 7) is 4.51. The van der Waals surface area contributed by atoms with Crippen LogP contribution in [0.2, 0.25) is 0 Å². The number of fused-ring (bicyclic) bond motifs is 1. The second-order valence-electron chi connectivity index (χ2n) is 7.65. The fraction of sp³-hybridized carbons (Fsp3) is 0.304. The van der Waals surface area contributed by atoms with Crippen LogP contribution < -0.4 is 19.9 Å². The third-order valence-electron chi connectivity index (χ3n) is 5.73. The maximum Gasteiger partial charge on any atom is 0.318 e. The predicted octanol–water partition coefficient (Wildman–Crippen LogP) is 1.45. The van der Waals surface area contributed by atoms with Gasteiger partial charge < -0.3 is 19.3 Å². The van der Waals surface area contributed by atoms with Gasteiger partial charge in [0.2, 0.25) is 5.91 Å². The van der Waals surface area contributed by atoms with Crippen molar-refractivity contribution < 1.29 is 18.7 Å². The second-order valence-corrected chi connectivity index (χ2v) is 7.65. The molecule has 35 heavy (non-hydrogen) atoms.